The van der Waals surface area contributed by atoms with Crippen LogP contribution in [0.4, 0.5) is 18.9 Å². The van der Waals surface area contributed by atoms with Crippen LogP contribution in [0.25, 0.3) is 11.3 Å². The van der Waals surface area contributed by atoms with Gasteiger partial charge in [0.1, 0.15) is 11.4 Å². The lowest BCUT2D eigenvalue weighted by molar-refractivity contribution is -0.155. The van der Waals surface area contributed by atoms with E-state index in [0.717, 1.165) is 6.07 Å². The topological polar surface area (TPSA) is 81.4 Å². The highest BCUT2D eigenvalue weighted by molar-refractivity contribution is 7.92. The zero-order valence-electron chi connectivity index (χ0n) is 15.4. The zero-order valence-corrected chi connectivity index (χ0v) is 16.3. The van der Waals surface area contributed by atoms with Gasteiger partial charge in [0.15, 0.2) is 0 Å². The second kappa shape index (κ2) is 7.78. The number of para-hydroxylation sites is 2. The predicted octanol–water partition coefficient (Wildman–Crippen LogP) is 4.73. The van der Waals surface area contributed by atoms with Gasteiger partial charge in [-0.05, 0) is 30.2 Å². The number of sulfonamides is 1. The summed E-state index contributed by atoms with van der Waals surface area (Å²) in [7, 11) is -2.64. The van der Waals surface area contributed by atoms with Gasteiger partial charge in [0.05, 0.1) is 17.7 Å². The van der Waals surface area contributed by atoms with Crippen molar-refractivity contribution < 1.29 is 30.8 Å². The number of hydrogen-bond donors (Lipinski definition) is 1. The van der Waals surface area contributed by atoms with Gasteiger partial charge in [-0.3, -0.25) is 4.72 Å². The highest BCUT2D eigenvalue weighted by atomic mass is 32.2. The van der Waals surface area contributed by atoms with Crippen molar-refractivity contribution in [2.45, 2.75) is 24.4 Å². The molecule has 0 amide bonds. The molecule has 3 rings (SSSR count). The number of benzene rings is 2. The SMILES string of the molecule is CCc1ccc(-c2cc(C(F)(F)F)on2)cc1S(=O)(=O)Nc1ccccc1OC. The molecule has 154 valence electrons. The molecule has 0 saturated carbocycles. The second-order valence-corrected chi connectivity index (χ2v) is 7.71. The minimum absolute atomic E-state index is 0.0695. The lowest BCUT2D eigenvalue weighted by Gasteiger charge is -2.14. The maximum absolute atomic E-state index is 13.0. The molecule has 0 radical (unpaired) electrons. The number of rotatable bonds is 6. The summed E-state index contributed by atoms with van der Waals surface area (Å²) < 4.78 is 76.3. The largest absolute Gasteiger partial charge is 0.495 e. The van der Waals surface area contributed by atoms with Crippen molar-refractivity contribution in [3.8, 4) is 17.0 Å². The Bertz CT molecular complexity index is 1120. The minimum Gasteiger partial charge on any atom is -0.495 e. The van der Waals surface area contributed by atoms with Crippen LogP contribution in [0.15, 0.2) is 57.9 Å². The summed E-state index contributed by atoms with van der Waals surface area (Å²) in [6, 6.07) is 11.5. The van der Waals surface area contributed by atoms with Crippen molar-refractivity contribution in [1.29, 1.82) is 0 Å². The first kappa shape index (κ1) is 20.7. The first-order valence-corrected chi connectivity index (χ1v) is 9.97. The highest BCUT2D eigenvalue weighted by Gasteiger charge is 2.36. The van der Waals surface area contributed by atoms with E-state index >= 15 is 0 Å². The Labute approximate surface area is 165 Å². The average Bonchev–Trinajstić information content (AvgIpc) is 3.18. The Kier molecular flexibility index (Phi) is 5.56. The fourth-order valence-corrected chi connectivity index (χ4v) is 4.14. The van der Waals surface area contributed by atoms with E-state index in [9.17, 15) is 21.6 Å². The van der Waals surface area contributed by atoms with Crippen LogP contribution in [0.5, 0.6) is 5.75 Å². The van der Waals surface area contributed by atoms with Crippen LogP contribution in [-0.4, -0.2) is 20.7 Å². The van der Waals surface area contributed by atoms with E-state index in [1.54, 1.807) is 31.2 Å². The van der Waals surface area contributed by atoms with E-state index in [4.69, 9.17) is 4.74 Å². The van der Waals surface area contributed by atoms with Gasteiger partial charge in [0, 0.05) is 11.6 Å². The molecule has 0 aliphatic heterocycles. The number of aryl methyl sites for hydroxylation is 1. The van der Waals surface area contributed by atoms with Crippen LogP contribution < -0.4 is 9.46 Å². The third-order valence-electron chi connectivity index (χ3n) is 4.17. The molecule has 0 saturated heterocycles. The highest BCUT2D eigenvalue weighted by Crippen LogP contribution is 2.34. The molecule has 0 fully saturated rings. The molecule has 0 aliphatic rings. The van der Waals surface area contributed by atoms with E-state index in [2.05, 4.69) is 14.4 Å². The fraction of sp³-hybridized carbons (Fsp3) is 0.211. The molecule has 1 N–H and O–H groups in total. The number of methoxy groups -OCH3 is 1. The molecule has 2 aromatic carbocycles. The first-order chi connectivity index (χ1) is 13.7. The number of nitrogens with zero attached hydrogens (tertiary/aromatic N) is 1. The third kappa shape index (κ3) is 4.37. The van der Waals surface area contributed by atoms with Crippen molar-refractivity contribution in [2.75, 3.05) is 11.8 Å². The van der Waals surface area contributed by atoms with E-state index in [1.807, 2.05) is 0 Å². The van der Waals surface area contributed by atoms with Crippen molar-refractivity contribution in [3.05, 3.63) is 59.9 Å². The van der Waals surface area contributed by atoms with Gasteiger partial charge in [-0.25, -0.2) is 8.42 Å². The van der Waals surface area contributed by atoms with Crippen LogP contribution in [0.2, 0.25) is 0 Å². The maximum atomic E-state index is 13.0. The number of anilines is 1. The molecule has 10 heteroatoms. The van der Waals surface area contributed by atoms with Gasteiger partial charge in [-0.15, -0.1) is 0 Å². The summed E-state index contributed by atoms with van der Waals surface area (Å²) in [5.74, 6) is -0.930. The van der Waals surface area contributed by atoms with E-state index in [-0.39, 0.29) is 21.8 Å². The molecule has 0 spiro atoms. The lowest BCUT2D eigenvalue weighted by atomic mass is 10.1. The third-order valence-corrected chi connectivity index (χ3v) is 5.62. The lowest BCUT2D eigenvalue weighted by Crippen LogP contribution is -2.15. The van der Waals surface area contributed by atoms with Crippen LogP contribution in [0.1, 0.15) is 18.2 Å². The number of nitrogens with one attached hydrogen (secondary N) is 1. The molecule has 29 heavy (non-hydrogen) atoms. The molecular formula is C19H17F3N2O4S. The number of aromatic nitrogens is 1. The molecule has 0 unspecified atom stereocenters. The van der Waals surface area contributed by atoms with Gasteiger partial charge in [-0.1, -0.05) is 36.3 Å². The van der Waals surface area contributed by atoms with Crippen LogP contribution in [0.3, 0.4) is 0 Å². The Morgan fingerprint density at radius 3 is 2.48 bits per heavy atom. The molecule has 0 bridgehead atoms. The van der Waals surface area contributed by atoms with Gasteiger partial charge >= 0.3 is 6.18 Å². The van der Waals surface area contributed by atoms with E-state index < -0.39 is 22.0 Å². The summed E-state index contributed by atoms with van der Waals surface area (Å²) in [6.07, 6.45) is -4.29. The quantitative estimate of drug-likeness (QED) is 0.616. The summed E-state index contributed by atoms with van der Waals surface area (Å²) in [5, 5.41) is 3.41. The van der Waals surface area contributed by atoms with E-state index in [0.29, 0.717) is 17.7 Å². The van der Waals surface area contributed by atoms with Gasteiger partial charge in [0.2, 0.25) is 5.76 Å². The summed E-state index contributed by atoms with van der Waals surface area (Å²) >= 11 is 0. The summed E-state index contributed by atoms with van der Waals surface area (Å²) in [6.45, 7) is 1.77. The second-order valence-electron chi connectivity index (χ2n) is 6.06. The zero-order chi connectivity index (χ0) is 21.2. The molecule has 3 aromatic rings. The fourth-order valence-electron chi connectivity index (χ4n) is 2.73. The summed E-state index contributed by atoms with van der Waals surface area (Å²) in [4.78, 5) is -0.0695. The minimum atomic E-state index is -4.69. The van der Waals surface area contributed by atoms with Crippen molar-refractivity contribution in [1.82, 2.24) is 5.16 Å². The Morgan fingerprint density at radius 1 is 1.14 bits per heavy atom. The number of ether oxygens (including phenoxy) is 1. The Hall–Kier alpha value is -3.01. The Balaban J connectivity index is 2.04. The van der Waals surface area contributed by atoms with Crippen molar-refractivity contribution in [2.24, 2.45) is 0 Å². The molecular weight excluding hydrogens is 409 g/mol. The number of hydrogen-bond acceptors (Lipinski definition) is 5. The van der Waals surface area contributed by atoms with Crippen molar-refractivity contribution in [3.63, 3.8) is 0 Å². The predicted molar refractivity (Wildman–Crippen MR) is 100 cm³/mol. The van der Waals surface area contributed by atoms with Crippen molar-refractivity contribution >= 4 is 15.7 Å². The first-order valence-electron chi connectivity index (χ1n) is 8.48. The Morgan fingerprint density at radius 2 is 1.86 bits per heavy atom. The molecule has 0 atom stereocenters. The molecule has 6 nitrogen and oxygen atoms in total. The van der Waals surface area contributed by atoms with Gasteiger partial charge in [0.25, 0.3) is 10.0 Å². The summed E-state index contributed by atoms with van der Waals surface area (Å²) in [5.41, 5.74) is 0.800. The molecule has 0 aliphatic carbocycles. The number of alkyl halides is 3. The van der Waals surface area contributed by atoms with Gasteiger partial charge < -0.3 is 9.26 Å². The number of halogens is 3. The monoisotopic (exact) mass is 426 g/mol. The van der Waals surface area contributed by atoms with Gasteiger partial charge in [-0.2, -0.15) is 13.2 Å². The smallest absolute Gasteiger partial charge is 0.452 e. The van der Waals surface area contributed by atoms with Crippen LogP contribution in [0, 0.1) is 0 Å². The maximum Gasteiger partial charge on any atom is 0.452 e. The van der Waals surface area contributed by atoms with E-state index in [1.165, 1.54) is 25.3 Å². The standard InChI is InChI=1S/C19H17F3N2O4S/c1-3-12-8-9-13(15-11-18(28-23-15)19(20,21)22)10-17(12)29(25,26)24-14-6-4-5-7-16(14)27-2/h4-11,24H,3H2,1-2H3. The molecule has 1 heterocycles. The molecule has 1 aromatic heterocycles. The van der Waals surface area contributed by atoms with Crippen LogP contribution in [-0.2, 0) is 22.6 Å². The normalized spacial score (nSPS) is 12.0. The average molecular weight is 426 g/mol. The van der Waals surface area contributed by atoms with Crippen LogP contribution >= 0.6 is 0 Å².